The molecular weight excluding hydrogens is 407 g/mol. The quantitative estimate of drug-likeness (QED) is 0.664. The highest BCUT2D eigenvalue weighted by Gasteiger charge is 2.30. The van der Waals surface area contributed by atoms with Crippen molar-refractivity contribution in [1.82, 2.24) is 10.2 Å². The van der Waals surface area contributed by atoms with E-state index in [4.69, 9.17) is 0 Å². The standard InChI is InChI=1S/C21H21FN4O3S/c1-12-4-6-18(22)17(8-12)19-11-21(24-23-19)25-30(28,29)16-5-7-20-15(10-16)9-13(2)26(20)14(3)27/h4-8,10-11,13H,9H2,1-3H3,(H2,23,24,25). The van der Waals surface area contributed by atoms with Crippen molar-refractivity contribution in [1.29, 1.82) is 0 Å². The second kappa shape index (κ2) is 7.24. The van der Waals surface area contributed by atoms with Gasteiger partial charge in [0.1, 0.15) is 5.82 Å². The normalized spacial score (nSPS) is 15.9. The van der Waals surface area contributed by atoms with Gasteiger partial charge in [0.05, 0.1) is 10.6 Å². The van der Waals surface area contributed by atoms with Crippen LogP contribution >= 0.6 is 0 Å². The number of nitrogens with zero attached hydrogens (tertiary/aromatic N) is 2. The molecule has 4 rings (SSSR count). The molecule has 9 heteroatoms. The molecule has 0 saturated carbocycles. The fraction of sp³-hybridized carbons (Fsp3) is 0.238. The zero-order valence-electron chi connectivity index (χ0n) is 16.7. The van der Waals surface area contributed by atoms with Gasteiger partial charge in [0, 0.05) is 30.3 Å². The summed E-state index contributed by atoms with van der Waals surface area (Å²) in [6, 6.07) is 10.8. The Morgan fingerprint density at radius 2 is 2.00 bits per heavy atom. The third-order valence-corrected chi connectivity index (χ3v) is 6.50. The Kier molecular flexibility index (Phi) is 4.85. The Bertz CT molecular complexity index is 1250. The maximum absolute atomic E-state index is 14.1. The van der Waals surface area contributed by atoms with Crippen LogP contribution in [0.3, 0.4) is 0 Å². The van der Waals surface area contributed by atoms with Crippen molar-refractivity contribution in [2.45, 2.75) is 38.1 Å². The molecule has 0 spiro atoms. The molecule has 0 radical (unpaired) electrons. The van der Waals surface area contributed by atoms with Gasteiger partial charge in [-0.15, -0.1) is 0 Å². The molecule has 1 amide bonds. The van der Waals surface area contributed by atoms with Gasteiger partial charge in [-0.3, -0.25) is 14.6 Å². The summed E-state index contributed by atoms with van der Waals surface area (Å²) in [6.45, 7) is 5.25. The molecule has 1 aliphatic heterocycles. The van der Waals surface area contributed by atoms with E-state index in [-0.39, 0.29) is 22.7 Å². The van der Waals surface area contributed by atoms with Gasteiger partial charge in [-0.2, -0.15) is 5.10 Å². The number of carbonyl (C=O) groups is 1. The van der Waals surface area contributed by atoms with Crippen LogP contribution in [0.2, 0.25) is 0 Å². The molecule has 1 unspecified atom stereocenters. The summed E-state index contributed by atoms with van der Waals surface area (Å²) in [6.07, 6.45) is 0.581. The Labute approximate surface area is 174 Å². The number of aromatic nitrogens is 2. The average molecular weight is 428 g/mol. The summed E-state index contributed by atoms with van der Waals surface area (Å²) >= 11 is 0. The van der Waals surface area contributed by atoms with Gasteiger partial charge in [-0.25, -0.2) is 12.8 Å². The van der Waals surface area contributed by atoms with Crippen molar-refractivity contribution in [2.75, 3.05) is 9.62 Å². The minimum atomic E-state index is -3.91. The van der Waals surface area contributed by atoms with Gasteiger partial charge in [-0.05, 0) is 56.2 Å². The second-order valence-electron chi connectivity index (χ2n) is 7.49. The van der Waals surface area contributed by atoms with Gasteiger partial charge in [0.15, 0.2) is 5.82 Å². The minimum Gasteiger partial charge on any atom is -0.309 e. The number of aromatic amines is 1. The lowest BCUT2D eigenvalue weighted by molar-refractivity contribution is -0.116. The Morgan fingerprint density at radius 3 is 2.73 bits per heavy atom. The van der Waals surface area contributed by atoms with Crippen molar-refractivity contribution in [3.8, 4) is 11.3 Å². The number of nitrogens with one attached hydrogen (secondary N) is 2. The van der Waals surface area contributed by atoms with Gasteiger partial charge >= 0.3 is 0 Å². The summed E-state index contributed by atoms with van der Waals surface area (Å²) in [5, 5.41) is 6.63. The monoisotopic (exact) mass is 428 g/mol. The lowest BCUT2D eigenvalue weighted by Crippen LogP contribution is -2.33. The molecule has 2 N–H and O–H groups in total. The van der Waals surface area contributed by atoms with Crippen molar-refractivity contribution < 1.29 is 17.6 Å². The summed E-state index contributed by atoms with van der Waals surface area (Å²) in [7, 11) is -3.91. The number of sulfonamides is 1. The number of amides is 1. The van der Waals surface area contributed by atoms with Gasteiger partial charge in [0.2, 0.25) is 5.91 Å². The molecule has 0 bridgehead atoms. The highest BCUT2D eigenvalue weighted by Crippen LogP contribution is 2.34. The number of fused-ring (bicyclic) bond motifs is 1. The summed E-state index contributed by atoms with van der Waals surface area (Å²) < 4.78 is 42.2. The lowest BCUT2D eigenvalue weighted by atomic mass is 10.1. The molecule has 1 aliphatic rings. The average Bonchev–Trinajstić information content (AvgIpc) is 3.25. The predicted octanol–water partition coefficient (Wildman–Crippen LogP) is 3.62. The molecule has 2 aromatic carbocycles. The Hall–Kier alpha value is -3.20. The molecule has 3 aromatic rings. The summed E-state index contributed by atoms with van der Waals surface area (Å²) in [4.78, 5) is 13.6. The van der Waals surface area contributed by atoms with Crippen molar-refractivity contribution in [3.05, 3.63) is 59.4 Å². The van der Waals surface area contributed by atoms with E-state index in [0.717, 1.165) is 16.8 Å². The van der Waals surface area contributed by atoms with E-state index >= 15 is 0 Å². The molecule has 1 atom stereocenters. The summed E-state index contributed by atoms with van der Waals surface area (Å²) in [5.74, 6) is -0.450. The first kappa shape index (κ1) is 20.1. The Morgan fingerprint density at radius 1 is 1.23 bits per heavy atom. The van der Waals surface area contributed by atoms with Crippen molar-refractivity contribution in [3.63, 3.8) is 0 Å². The van der Waals surface area contributed by atoms with E-state index in [1.165, 1.54) is 25.1 Å². The first-order chi connectivity index (χ1) is 14.2. The van der Waals surface area contributed by atoms with Gasteiger partial charge < -0.3 is 4.90 Å². The third kappa shape index (κ3) is 3.56. The largest absolute Gasteiger partial charge is 0.309 e. The highest BCUT2D eigenvalue weighted by atomic mass is 32.2. The van der Waals surface area contributed by atoms with Gasteiger partial charge in [-0.1, -0.05) is 11.6 Å². The van der Waals surface area contributed by atoms with E-state index in [9.17, 15) is 17.6 Å². The summed E-state index contributed by atoms with van der Waals surface area (Å²) in [5.41, 5.74) is 3.07. The highest BCUT2D eigenvalue weighted by molar-refractivity contribution is 7.92. The number of carbonyl (C=O) groups excluding carboxylic acids is 1. The van der Waals surface area contributed by atoms with Crippen LogP contribution < -0.4 is 9.62 Å². The zero-order chi connectivity index (χ0) is 21.6. The number of benzene rings is 2. The number of H-pyrrole nitrogens is 1. The molecule has 0 fully saturated rings. The first-order valence-corrected chi connectivity index (χ1v) is 10.9. The third-order valence-electron chi connectivity index (χ3n) is 5.14. The number of rotatable bonds is 4. The second-order valence-corrected chi connectivity index (χ2v) is 9.17. The predicted molar refractivity (Wildman–Crippen MR) is 112 cm³/mol. The van der Waals surface area contributed by atoms with E-state index in [0.29, 0.717) is 17.7 Å². The molecule has 0 saturated heterocycles. The zero-order valence-corrected chi connectivity index (χ0v) is 17.5. The Balaban J connectivity index is 1.61. The maximum atomic E-state index is 14.1. The van der Waals surface area contributed by atoms with Crippen LogP contribution in [0.5, 0.6) is 0 Å². The van der Waals surface area contributed by atoms with Crippen molar-refractivity contribution >= 4 is 27.4 Å². The number of anilines is 2. The number of aryl methyl sites for hydroxylation is 1. The maximum Gasteiger partial charge on any atom is 0.263 e. The lowest BCUT2D eigenvalue weighted by Gasteiger charge is -2.20. The first-order valence-electron chi connectivity index (χ1n) is 9.43. The molecular formula is C21H21FN4O3S. The number of hydrogen-bond acceptors (Lipinski definition) is 4. The number of hydrogen-bond donors (Lipinski definition) is 2. The van der Waals surface area contributed by atoms with Crippen LogP contribution in [0.15, 0.2) is 47.4 Å². The number of halogens is 1. The molecule has 2 heterocycles. The van der Waals surface area contributed by atoms with Crippen LogP contribution in [-0.2, 0) is 21.2 Å². The smallest absolute Gasteiger partial charge is 0.263 e. The SMILES string of the molecule is CC(=O)N1c2ccc(S(=O)(=O)Nc3cc(-c4cc(C)ccc4F)[nH]n3)cc2CC1C. The van der Waals surface area contributed by atoms with Crippen LogP contribution in [-0.4, -0.2) is 30.6 Å². The van der Waals surface area contributed by atoms with E-state index in [2.05, 4.69) is 14.9 Å². The molecule has 7 nitrogen and oxygen atoms in total. The van der Waals surface area contributed by atoms with E-state index in [1.54, 1.807) is 29.2 Å². The van der Waals surface area contributed by atoms with Crippen molar-refractivity contribution in [2.24, 2.45) is 0 Å². The molecule has 156 valence electrons. The van der Waals surface area contributed by atoms with Crippen LogP contribution in [0, 0.1) is 12.7 Å². The van der Waals surface area contributed by atoms with E-state index < -0.39 is 15.8 Å². The van der Waals surface area contributed by atoms with Crippen LogP contribution in [0.25, 0.3) is 11.3 Å². The van der Waals surface area contributed by atoms with Crippen LogP contribution in [0.4, 0.5) is 15.9 Å². The minimum absolute atomic E-state index is 0.0264. The molecule has 0 aliphatic carbocycles. The van der Waals surface area contributed by atoms with Crippen LogP contribution in [0.1, 0.15) is 25.0 Å². The fourth-order valence-electron chi connectivity index (χ4n) is 3.81. The molecule has 30 heavy (non-hydrogen) atoms. The molecule has 1 aromatic heterocycles. The topological polar surface area (TPSA) is 95.2 Å². The van der Waals surface area contributed by atoms with Gasteiger partial charge in [0.25, 0.3) is 10.0 Å². The van der Waals surface area contributed by atoms with E-state index in [1.807, 2.05) is 13.8 Å². The fourth-order valence-corrected chi connectivity index (χ4v) is 4.85.